The zero-order chi connectivity index (χ0) is 18.8. The number of carbonyl (C=O) groups is 1. The van der Waals surface area contributed by atoms with E-state index in [0.717, 1.165) is 26.9 Å². The summed E-state index contributed by atoms with van der Waals surface area (Å²) in [6.07, 6.45) is 0. The van der Waals surface area contributed by atoms with Gasteiger partial charge in [-0.2, -0.15) is 0 Å². The highest BCUT2D eigenvalue weighted by Crippen LogP contribution is 2.34. The predicted molar refractivity (Wildman–Crippen MR) is 108 cm³/mol. The Balaban J connectivity index is 1.65. The van der Waals surface area contributed by atoms with Crippen molar-refractivity contribution in [3.63, 3.8) is 0 Å². The second kappa shape index (κ2) is 7.21. The smallest absolute Gasteiger partial charge is 0.353 e. The molecule has 1 N–H and O–H groups in total. The summed E-state index contributed by atoms with van der Waals surface area (Å²) >= 11 is 1.38. The van der Waals surface area contributed by atoms with Gasteiger partial charge in [0.15, 0.2) is 0 Å². The Hall–Kier alpha value is -3.18. The fourth-order valence-corrected chi connectivity index (χ4v) is 3.85. The van der Waals surface area contributed by atoms with Crippen molar-refractivity contribution in [3.8, 4) is 16.9 Å². The Morgan fingerprint density at radius 2 is 1.74 bits per heavy atom. The third-order valence-corrected chi connectivity index (χ3v) is 5.35. The van der Waals surface area contributed by atoms with Crippen LogP contribution >= 0.6 is 11.3 Å². The van der Waals surface area contributed by atoms with E-state index in [0.29, 0.717) is 10.6 Å². The van der Waals surface area contributed by atoms with Crippen molar-refractivity contribution in [1.82, 2.24) is 0 Å². The number of hydrogen-bond donors (Lipinski definition) is 1. The molecule has 0 aliphatic heterocycles. The van der Waals surface area contributed by atoms with Crippen LogP contribution in [0.2, 0.25) is 0 Å². The van der Waals surface area contributed by atoms with Crippen molar-refractivity contribution >= 4 is 33.1 Å². The van der Waals surface area contributed by atoms with Gasteiger partial charge >= 0.3 is 5.97 Å². The minimum Gasteiger partial charge on any atom is -0.422 e. The van der Waals surface area contributed by atoms with Crippen LogP contribution < -0.4 is 10.1 Å². The first-order valence-electron chi connectivity index (χ1n) is 8.42. The summed E-state index contributed by atoms with van der Waals surface area (Å²) in [7, 11) is 1.83. The van der Waals surface area contributed by atoms with E-state index in [1.165, 1.54) is 23.5 Å². The Kier molecular flexibility index (Phi) is 4.60. The van der Waals surface area contributed by atoms with Gasteiger partial charge in [0.1, 0.15) is 16.4 Å². The molecule has 0 bridgehead atoms. The molecule has 1 aromatic heterocycles. The average Bonchev–Trinajstić information content (AvgIpc) is 3.14. The van der Waals surface area contributed by atoms with Crippen LogP contribution in [0, 0.1) is 5.82 Å². The molecule has 0 aliphatic rings. The number of ether oxygens (including phenoxy) is 1. The van der Waals surface area contributed by atoms with Crippen LogP contribution in [0.4, 0.5) is 10.1 Å². The molecule has 0 saturated carbocycles. The molecule has 0 radical (unpaired) electrons. The first-order chi connectivity index (χ1) is 13.1. The molecule has 3 aromatic carbocycles. The van der Waals surface area contributed by atoms with Crippen LogP contribution in [-0.2, 0) is 0 Å². The summed E-state index contributed by atoms with van der Waals surface area (Å²) in [5.74, 6) is -0.168. The van der Waals surface area contributed by atoms with Crippen molar-refractivity contribution in [2.75, 3.05) is 12.4 Å². The zero-order valence-corrected chi connectivity index (χ0v) is 15.3. The quantitative estimate of drug-likeness (QED) is 0.352. The van der Waals surface area contributed by atoms with Gasteiger partial charge in [0.2, 0.25) is 0 Å². The monoisotopic (exact) mass is 377 g/mol. The molecule has 0 aliphatic carbocycles. The topological polar surface area (TPSA) is 38.3 Å². The Labute approximate surface area is 160 Å². The van der Waals surface area contributed by atoms with Gasteiger partial charge in [-0.15, -0.1) is 11.3 Å². The Morgan fingerprint density at radius 3 is 2.44 bits per heavy atom. The molecule has 3 nitrogen and oxygen atoms in total. The van der Waals surface area contributed by atoms with Crippen molar-refractivity contribution in [2.24, 2.45) is 0 Å². The van der Waals surface area contributed by atoms with Gasteiger partial charge < -0.3 is 10.1 Å². The number of halogens is 1. The minimum absolute atomic E-state index is 0.273. The molecule has 0 atom stereocenters. The standard InChI is InChI=1S/C22H16FNO2S/c1-24-16-9-11-17(12-10-16)26-22(25)21-13-19-18(3-2-4-20(19)27-21)14-5-7-15(23)8-6-14/h2-13,24H,1H3. The number of esters is 1. The molecule has 4 aromatic rings. The maximum Gasteiger partial charge on any atom is 0.353 e. The molecule has 0 spiro atoms. The number of carbonyl (C=O) groups excluding carboxylic acids is 1. The van der Waals surface area contributed by atoms with E-state index in [1.54, 1.807) is 24.3 Å². The van der Waals surface area contributed by atoms with Crippen molar-refractivity contribution < 1.29 is 13.9 Å². The SMILES string of the molecule is CNc1ccc(OC(=O)c2cc3c(-c4ccc(F)cc4)cccc3s2)cc1. The molecule has 0 unspecified atom stereocenters. The molecule has 1 heterocycles. The molecular formula is C22H16FNO2S. The lowest BCUT2D eigenvalue weighted by atomic mass is 10.0. The number of nitrogens with one attached hydrogen (secondary N) is 1. The normalized spacial score (nSPS) is 10.7. The van der Waals surface area contributed by atoms with Crippen LogP contribution in [0.15, 0.2) is 72.8 Å². The molecule has 27 heavy (non-hydrogen) atoms. The van der Waals surface area contributed by atoms with E-state index in [9.17, 15) is 9.18 Å². The molecule has 134 valence electrons. The van der Waals surface area contributed by atoms with Crippen LogP contribution in [0.1, 0.15) is 9.67 Å². The number of benzene rings is 3. The van der Waals surface area contributed by atoms with Gasteiger partial charge in [-0.25, -0.2) is 9.18 Å². The highest BCUT2D eigenvalue weighted by molar-refractivity contribution is 7.20. The highest BCUT2D eigenvalue weighted by Gasteiger charge is 2.15. The first-order valence-corrected chi connectivity index (χ1v) is 9.24. The second-order valence-electron chi connectivity index (χ2n) is 6.00. The lowest BCUT2D eigenvalue weighted by molar-refractivity contribution is 0.0740. The number of thiophene rings is 1. The maximum atomic E-state index is 13.2. The van der Waals surface area contributed by atoms with Crippen molar-refractivity contribution in [1.29, 1.82) is 0 Å². The lowest BCUT2D eigenvalue weighted by Crippen LogP contribution is -2.06. The maximum absolute atomic E-state index is 13.2. The zero-order valence-electron chi connectivity index (χ0n) is 14.5. The summed E-state index contributed by atoms with van der Waals surface area (Å²) < 4.78 is 19.7. The van der Waals surface area contributed by atoms with Gasteiger partial charge in [-0.1, -0.05) is 24.3 Å². The fraction of sp³-hybridized carbons (Fsp3) is 0.0455. The second-order valence-corrected chi connectivity index (χ2v) is 7.08. The molecule has 0 amide bonds. The van der Waals surface area contributed by atoms with E-state index < -0.39 is 5.97 Å². The number of rotatable bonds is 4. The van der Waals surface area contributed by atoms with Gasteiger partial charge in [-0.05, 0) is 59.7 Å². The molecule has 4 rings (SSSR count). The Bertz CT molecular complexity index is 1100. The number of fused-ring (bicyclic) bond motifs is 1. The van der Waals surface area contributed by atoms with Gasteiger partial charge in [-0.3, -0.25) is 0 Å². The van der Waals surface area contributed by atoms with Crippen LogP contribution in [0.3, 0.4) is 0 Å². The van der Waals surface area contributed by atoms with Crippen LogP contribution in [0.25, 0.3) is 21.2 Å². The molecule has 0 fully saturated rings. The van der Waals surface area contributed by atoms with E-state index in [4.69, 9.17) is 4.74 Å². The first kappa shape index (κ1) is 17.2. The van der Waals surface area contributed by atoms with Gasteiger partial charge in [0.05, 0.1) is 0 Å². The van der Waals surface area contributed by atoms with Gasteiger partial charge in [0, 0.05) is 22.8 Å². The Morgan fingerprint density at radius 1 is 1.00 bits per heavy atom. The summed E-state index contributed by atoms with van der Waals surface area (Å²) in [5, 5.41) is 3.97. The van der Waals surface area contributed by atoms with Crippen LogP contribution in [0.5, 0.6) is 5.75 Å². The van der Waals surface area contributed by atoms with Crippen molar-refractivity contribution in [2.45, 2.75) is 0 Å². The average molecular weight is 377 g/mol. The summed E-state index contributed by atoms with van der Waals surface area (Å²) in [6, 6.07) is 21.2. The third kappa shape index (κ3) is 3.55. The van der Waals surface area contributed by atoms with Gasteiger partial charge in [0.25, 0.3) is 0 Å². The third-order valence-electron chi connectivity index (χ3n) is 4.27. The minimum atomic E-state index is -0.390. The largest absolute Gasteiger partial charge is 0.422 e. The summed E-state index contributed by atoms with van der Waals surface area (Å²) in [4.78, 5) is 13.1. The van der Waals surface area contributed by atoms with Crippen LogP contribution in [-0.4, -0.2) is 13.0 Å². The van der Waals surface area contributed by atoms with Crippen molar-refractivity contribution in [3.05, 3.63) is 83.5 Å². The highest BCUT2D eigenvalue weighted by atomic mass is 32.1. The van der Waals surface area contributed by atoms with E-state index in [1.807, 2.05) is 43.4 Å². The summed E-state index contributed by atoms with van der Waals surface area (Å²) in [6.45, 7) is 0. The molecule has 0 saturated heterocycles. The number of hydrogen-bond acceptors (Lipinski definition) is 4. The number of anilines is 1. The van der Waals surface area contributed by atoms with E-state index in [2.05, 4.69) is 5.32 Å². The van der Waals surface area contributed by atoms with E-state index >= 15 is 0 Å². The predicted octanol–water partition coefficient (Wildman–Crippen LogP) is 5.97. The molecule has 5 heteroatoms. The lowest BCUT2D eigenvalue weighted by Gasteiger charge is -2.04. The van der Waals surface area contributed by atoms with E-state index in [-0.39, 0.29) is 5.82 Å². The summed E-state index contributed by atoms with van der Waals surface area (Å²) in [5.41, 5.74) is 2.81. The fourth-order valence-electron chi connectivity index (χ4n) is 2.89. The molecular weight excluding hydrogens is 361 g/mol.